The summed E-state index contributed by atoms with van der Waals surface area (Å²) in [4.78, 5) is 23.2. The molecular formula is C23H20F3N3O5S. The molecule has 1 amide bonds. The highest BCUT2D eigenvalue weighted by Gasteiger charge is 2.30. The zero-order chi connectivity index (χ0) is 25.4. The van der Waals surface area contributed by atoms with Crippen LogP contribution in [0.25, 0.3) is 0 Å². The second kappa shape index (κ2) is 11.6. The molecule has 0 spiro atoms. The number of nitrogens with one attached hydrogen (secondary N) is 1. The number of ether oxygens (including phenoxy) is 3. The molecule has 2 aromatic rings. The van der Waals surface area contributed by atoms with E-state index in [1.165, 1.54) is 19.4 Å². The second-order valence-electron chi connectivity index (χ2n) is 6.86. The van der Waals surface area contributed by atoms with Crippen molar-refractivity contribution in [3.8, 4) is 11.5 Å². The third-order valence-electron chi connectivity index (χ3n) is 4.37. The minimum atomic E-state index is -4.43. The van der Waals surface area contributed by atoms with Crippen LogP contribution in [0.3, 0.4) is 0 Å². The van der Waals surface area contributed by atoms with E-state index in [0.29, 0.717) is 29.2 Å². The van der Waals surface area contributed by atoms with E-state index in [2.05, 4.69) is 20.3 Å². The maximum Gasteiger partial charge on any atom is 0.416 e. The van der Waals surface area contributed by atoms with Crippen molar-refractivity contribution in [1.29, 1.82) is 0 Å². The van der Waals surface area contributed by atoms with Crippen LogP contribution >= 0.6 is 11.8 Å². The van der Waals surface area contributed by atoms with Crippen molar-refractivity contribution in [2.24, 2.45) is 10.2 Å². The van der Waals surface area contributed by atoms with Gasteiger partial charge in [0.25, 0.3) is 5.91 Å². The Hall–Kier alpha value is -3.80. The Kier molecular flexibility index (Phi) is 8.53. The summed E-state index contributed by atoms with van der Waals surface area (Å²) < 4.78 is 54.5. The fourth-order valence-corrected chi connectivity index (χ4v) is 3.52. The summed E-state index contributed by atoms with van der Waals surface area (Å²) in [5.41, 5.74) is 0.214. The van der Waals surface area contributed by atoms with Crippen molar-refractivity contribution in [2.75, 3.05) is 13.7 Å². The number of carbonyl (C=O) groups is 2. The van der Waals surface area contributed by atoms with E-state index < -0.39 is 23.6 Å². The maximum atomic E-state index is 12.9. The largest absolute Gasteiger partial charge is 0.490 e. The van der Waals surface area contributed by atoms with Gasteiger partial charge in [0.2, 0.25) is 0 Å². The van der Waals surface area contributed by atoms with E-state index >= 15 is 0 Å². The lowest BCUT2D eigenvalue weighted by atomic mass is 10.1. The smallest absolute Gasteiger partial charge is 0.416 e. The lowest BCUT2D eigenvalue weighted by Gasteiger charge is -2.13. The van der Waals surface area contributed by atoms with Crippen LogP contribution in [-0.4, -0.2) is 37.0 Å². The summed E-state index contributed by atoms with van der Waals surface area (Å²) in [7, 11) is 1.20. The molecule has 1 aliphatic heterocycles. The molecule has 0 saturated carbocycles. The first-order valence-electron chi connectivity index (χ1n) is 10.1. The number of nitrogens with zero attached hydrogens (tertiary/aromatic N) is 2. The van der Waals surface area contributed by atoms with Gasteiger partial charge in [0.1, 0.15) is 6.61 Å². The van der Waals surface area contributed by atoms with Crippen LogP contribution in [0.2, 0.25) is 0 Å². The first-order valence-corrected chi connectivity index (χ1v) is 11.0. The standard InChI is InChI=1S/C23H20F3N3O5S/c1-3-33-18-10-14(12-27-29-22-28-21(31)19(35-22)11-20(30)32-2)7-8-17(18)34-13-15-5-4-6-16(9-15)23(24,25)26/h4-12H,3,13H2,1-2H3,(H,28,29,31)/b19-11+,27-12?. The van der Waals surface area contributed by atoms with Crippen molar-refractivity contribution in [3.05, 3.63) is 70.1 Å². The molecule has 1 saturated heterocycles. The molecule has 12 heteroatoms. The number of methoxy groups -OCH3 is 1. The molecule has 8 nitrogen and oxygen atoms in total. The summed E-state index contributed by atoms with van der Waals surface area (Å²) in [5.74, 6) is -0.423. The minimum absolute atomic E-state index is 0.0799. The number of benzene rings is 2. The zero-order valence-corrected chi connectivity index (χ0v) is 19.4. The number of hydrogen-bond acceptors (Lipinski definition) is 8. The minimum Gasteiger partial charge on any atom is -0.490 e. The maximum absolute atomic E-state index is 12.9. The predicted molar refractivity (Wildman–Crippen MR) is 124 cm³/mol. The molecule has 0 bridgehead atoms. The van der Waals surface area contributed by atoms with Gasteiger partial charge in [-0.25, -0.2) is 4.79 Å². The molecule has 184 valence electrons. The Labute approximate surface area is 202 Å². The normalized spacial score (nSPS) is 16.1. The first kappa shape index (κ1) is 25.8. The average molecular weight is 507 g/mol. The van der Waals surface area contributed by atoms with Gasteiger partial charge in [0.05, 0.1) is 30.4 Å². The third-order valence-corrected chi connectivity index (χ3v) is 5.27. The molecule has 0 atom stereocenters. The Bertz CT molecular complexity index is 1200. The van der Waals surface area contributed by atoms with Crippen molar-refractivity contribution < 1.29 is 37.0 Å². The van der Waals surface area contributed by atoms with Crippen LogP contribution in [-0.2, 0) is 27.1 Å². The fourth-order valence-electron chi connectivity index (χ4n) is 2.78. The number of amides is 1. The molecule has 35 heavy (non-hydrogen) atoms. The van der Waals surface area contributed by atoms with E-state index in [-0.39, 0.29) is 16.7 Å². The Balaban J connectivity index is 1.69. The predicted octanol–water partition coefficient (Wildman–Crippen LogP) is 4.29. The number of amidine groups is 1. The molecule has 0 aliphatic carbocycles. The van der Waals surface area contributed by atoms with Crippen molar-refractivity contribution in [3.63, 3.8) is 0 Å². The van der Waals surface area contributed by atoms with Crippen LogP contribution in [0.15, 0.2) is 63.6 Å². The Morgan fingerprint density at radius 3 is 2.66 bits per heavy atom. The van der Waals surface area contributed by atoms with E-state index in [1.54, 1.807) is 31.2 Å². The van der Waals surface area contributed by atoms with Gasteiger partial charge in [-0.05, 0) is 60.1 Å². The molecule has 1 N–H and O–H groups in total. The zero-order valence-electron chi connectivity index (χ0n) is 18.6. The summed E-state index contributed by atoms with van der Waals surface area (Å²) in [6.45, 7) is 2.03. The van der Waals surface area contributed by atoms with Gasteiger partial charge in [-0.15, -0.1) is 5.10 Å². The number of thioether (sulfide) groups is 1. The quantitative estimate of drug-likeness (QED) is 0.248. The van der Waals surface area contributed by atoms with Gasteiger partial charge in [0, 0.05) is 6.08 Å². The molecule has 0 unspecified atom stereocenters. The van der Waals surface area contributed by atoms with Gasteiger partial charge >= 0.3 is 12.1 Å². The van der Waals surface area contributed by atoms with Crippen LogP contribution in [0, 0.1) is 0 Å². The SMILES string of the molecule is CCOc1cc(C=N/N=C2/NC(=O)/C(=C\C(=O)OC)S2)ccc1OCc1cccc(C(F)(F)F)c1. The molecule has 1 heterocycles. The molecular weight excluding hydrogens is 487 g/mol. The third kappa shape index (κ3) is 7.34. The highest BCUT2D eigenvalue weighted by molar-refractivity contribution is 8.18. The van der Waals surface area contributed by atoms with Gasteiger partial charge in [-0.2, -0.15) is 18.3 Å². The van der Waals surface area contributed by atoms with Gasteiger partial charge < -0.3 is 14.2 Å². The lowest BCUT2D eigenvalue weighted by Crippen LogP contribution is -2.19. The van der Waals surface area contributed by atoms with Gasteiger partial charge in [-0.3, -0.25) is 10.1 Å². The molecule has 1 fully saturated rings. The van der Waals surface area contributed by atoms with Crippen LogP contribution in [0.1, 0.15) is 23.6 Å². The lowest BCUT2D eigenvalue weighted by molar-refractivity contribution is -0.137. The highest BCUT2D eigenvalue weighted by atomic mass is 32.2. The summed E-state index contributed by atoms with van der Waals surface area (Å²) in [5, 5.41) is 10.5. The molecule has 3 rings (SSSR count). The van der Waals surface area contributed by atoms with Crippen LogP contribution in [0.5, 0.6) is 11.5 Å². The average Bonchev–Trinajstić information content (AvgIpc) is 3.17. The van der Waals surface area contributed by atoms with Crippen LogP contribution < -0.4 is 14.8 Å². The first-order chi connectivity index (χ1) is 16.7. The number of alkyl halides is 3. The summed E-state index contributed by atoms with van der Waals surface area (Å²) >= 11 is 0.939. The molecule has 2 aromatic carbocycles. The fraction of sp³-hybridized carbons (Fsp3) is 0.217. The van der Waals surface area contributed by atoms with Crippen molar-refractivity contribution in [2.45, 2.75) is 19.7 Å². The van der Waals surface area contributed by atoms with Gasteiger partial charge in [0.15, 0.2) is 16.7 Å². The summed E-state index contributed by atoms with van der Waals surface area (Å²) in [6, 6.07) is 9.81. The molecule has 0 radical (unpaired) electrons. The van der Waals surface area contributed by atoms with Crippen LogP contribution in [0.4, 0.5) is 13.2 Å². The number of carbonyl (C=O) groups excluding carboxylic acids is 2. The Morgan fingerprint density at radius 2 is 1.94 bits per heavy atom. The van der Waals surface area contributed by atoms with Crippen molar-refractivity contribution >= 4 is 35.0 Å². The van der Waals surface area contributed by atoms with E-state index in [0.717, 1.165) is 30.0 Å². The Morgan fingerprint density at radius 1 is 1.14 bits per heavy atom. The van der Waals surface area contributed by atoms with Gasteiger partial charge in [-0.1, -0.05) is 12.1 Å². The number of rotatable bonds is 8. The second-order valence-corrected chi connectivity index (χ2v) is 7.89. The topological polar surface area (TPSA) is 98.6 Å². The highest BCUT2D eigenvalue weighted by Crippen LogP contribution is 2.31. The molecule has 1 aliphatic rings. The number of hydrogen-bond donors (Lipinski definition) is 1. The molecule has 0 aromatic heterocycles. The summed E-state index contributed by atoms with van der Waals surface area (Å²) in [6.07, 6.45) is -1.96. The monoisotopic (exact) mass is 507 g/mol. The van der Waals surface area contributed by atoms with E-state index in [1.807, 2.05) is 0 Å². The number of esters is 1. The van der Waals surface area contributed by atoms with E-state index in [9.17, 15) is 22.8 Å². The number of halogens is 3. The van der Waals surface area contributed by atoms with E-state index in [4.69, 9.17) is 9.47 Å². The van der Waals surface area contributed by atoms with Crippen molar-refractivity contribution in [1.82, 2.24) is 5.32 Å².